The maximum absolute atomic E-state index is 13.0. The van der Waals surface area contributed by atoms with E-state index in [2.05, 4.69) is 25.6 Å². The van der Waals surface area contributed by atoms with Crippen LogP contribution < -0.4 is 15.4 Å². The van der Waals surface area contributed by atoms with E-state index in [0.717, 1.165) is 16.8 Å². The van der Waals surface area contributed by atoms with Gasteiger partial charge in [0.05, 0.1) is 12.2 Å². The molecule has 4 rings (SSSR count). The van der Waals surface area contributed by atoms with Gasteiger partial charge < -0.3 is 19.8 Å². The number of oxazole rings is 1. The molecule has 168 valence electrons. The summed E-state index contributed by atoms with van der Waals surface area (Å²) in [4.78, 5) is 13.1. The van der Waals surface area contributed by atoms with Crippen molar-refractivity contribution in [2.75, 3.05) is 7.05 Å². The van der Waals surface area contributed by atoms with E-state index >= 15 is 0 Å². The first kappa shape index (κ1) is 22.0. The molecule has 0 bridgehead atoms. The lowest BCUT2D eigenvalue weighted by Crippen LogP contribution is -2.36. The van der Waals surface area contributed by atoms with E-state index in [4.69, 9.17) is 9.15 Å². The normalized spacial score (nSPS) is 11.3. The molecule has 2 aromatic carbocycles. The van der Waals surface area contributed by atoms with Crippen molar-refractivity contribution in [3.05, 3.63) is 95.8 Å². The Bertz CT molecular complexity index is 1200. The highest BCUT2D eigenvalue weighted by atomic mass is 19.1. The Morgan fingerprint density at radius 1 is 1.00 bits per heavy atom. The number of halogens is 1. The number of hydrogen-bond donors (Lipinski definition) is 2. The van der Waals surface area contributed by atoms with Gasteiger partial charge in [0.2, 0.25) is 11.8 Å². The minimum Gasteiger partial charge on any atom is -0.444 e. The minimum atomic E-state index is -0.311. The number of aromatic nitrogens is 2. The first-order valence-corrected chi connectivity index (χ1v) is 10.4. The summed E-state index contributed by atoms with van der Waals surface area (Å²) in [5, 5.41) is 6.45. The van der Waals surface area contributed by atoms with E-state index < -0.39 is 0 Å². The highest BCUT2D eigenvalue weighted by molar-refractivity contribution is 5.79. The molecule has 8 heteroatoms. The van der Waals surface area contributed by atoms with Crippen LogP contribution in [0.3, 0.4) is 0 Å². The van der Waals surface area contributed by atoms with E-state index in [1.165, 1.54) is 17.7 Å². The van der Waals surface area contributed by atoms with Gasteiger partial charge in [0.15, 0.2) is 5.96 Å². The molecule has 0 saturated heterocycles. The molecule has 0 aliphatic heterocycles. The van der Waals surface area contributed by atoms with Crippen molar-refractivity contribution in [1.29, 1.82) is 0 Å². The van der Waals surface area contributed by atoms with Gasteiger partial charge in [0.1, 0.15) is 17.8 Å². The minimum absolute atomic E-state index is 0.311. The second kappa shape index (κ2) is 10.4. The predicted octanol–water partition coefficient (Wildman–Crippen LogP) is 4.84. The van der Waals surface area contributed by atoms with Crippen LogP contribution >= 0.6 is 0 Å². The van der Waals surface area contributed by atoms with Crippen LogP contribution in [0, 0.1) is 12.7 Å². The van der Waals surface area contributed by atoms with Crippen LogP contribution in [-0.2, 0) is 13.1 Å². The standard InChI is InChI=1S/C25H24FN5O2/c1-17-3-6-19(7-4-17)24-31-21(16-32-24)15-30-25(27-2)29-14-18-5-12-23(28-13-18)33-22-10-8-20(26)9-11-22/h3-13,16H,14-15H2,1-2H3,(H2,27,29,30). The van der Waals surface area contributed by atoms with Crippen molar-refractivity contribution in [3.8, 4) is 23.1 Å². The average molecular weight is 445 g/mol. The first-order valence-electron chi connectivity index (χ1n) is 10.4. The van der Waals surface area contributed by atoms with Crippen LogP contribution in [-0.4, -0.2) is 23.0 Å². The summed E-state index contributed by atoms with van der Waals surface area (Å²) in [7, 11) is 1.70. The summed E-state index contributed by atoms with van der Waals surface area (Å²) in [5.74, 6) is 1.86. The fourth-order valence-corrected chi connectivity index (χ4v) is 3.00. The van der Waals surface area contributed by atoms with E-state index in [0.29, 0.717) is 36.6 Å². The van der Waals surface area contributed by atoms with Crippen LogP contribution in [0.15, 0.2) is 82.5 Å². The zero-order chi connectivity index (χ0) is 23.0. The lowest BCUT2D eigenvalue weighted by atomic mass is 10.1. The number of aliphatic imine (C=N–C) groups is 1. The summed E-state index contributed by atoms with van der Waals surface area (Å²) in [6.07, 6.45) is 3.35. The predicted molar refractivity (Wildman–Crippen MR) is 124 cm³/mol. The molecule has 33 heavy (non-hydrogen) atoms. The summed E-state index contributed by atoms with van der Waals surface area (Å²) >= 11 is 0. The van der Waals surface area contributed by atoms with Crippen LogP contribution in [0.4, 0.5) is 4.39 Å². The summed E-state index contributed by atoms with van der Waals surface area (Å²) in [6, 6.07) is 17.5. The quantitative estimate of drug-likeness (QED) is 0.313. The second-order valence-corrected chi connectivity index (χ2v) is 7.35. The van der Waals surface area contributed by atoms with Gasteiger partial charge in [-0.3, -0.25) is 4.99 Å². The zero-order valence-electron chi connectivity index (χ0n) is 18.4. The molecule has 4 aromatic rings. The van der Waals surface area contributed by atoms with Crippen molar-refractivity contribution >= 4 is 5.96 Å². The molecule has 0 aliphatic rings. The number of hydrogen-bond acceptors (Lipinski definition) is 5. The molecule has 0 saturated carbocycles. The monoisotopic (exact) mass is 445 g/mol. The Morgan fingerprint density at radius 3 is 2.45 bits per heavy atom. The van der Waals surface area contributed by atoms with Crippen molar-refractivity contribution in [2.45, 2.75) is 20.0 Å². The Balaban J connectivity index is 1.26. The largest absolute Gasteiger partial charge is 0.444 e. The molecule has 2 N–H and O–H groups in total. The zero-order valence-corrected chi connectivity index (χ0v) is 18.4. The lowest BCUT2D eigenvalue weighted by molar-refractivity contribution is 0.461. The number of ether oxygens (including phenoxy) is 1. The lowest BCUT2D eigenvalue weighted by Gasteiger charge is -2.11. The van der Waals surface area contributed by atoms with Crippen molar-refractivity contribution in [2.24, 2.45) is 4.99 Å². The third kappa shape index (κ3) is 6.16. The van der Waals surface area contributed by atoms with Gasteiger partial charge in [-0.05, 0) is 48.9 Å². The van der Waals surface area contributed by atoms with Gasteiger partial charge in [0.25, 0.3) is 0 Å². The topological polar surface area (TPSA) is 84.6 Å². The fraction of sp³-hybridized carbons (Fsp3) is 0.160. The molecule has 0 aliphatic carbocycles. The van der Waals surface area contributed by atoms with Gasteiger partial charge in [-0.25, -0.2) is 14.4 Å². The maximum atomic E-state index is 13.0. The highest BCUT2D eigenvalue weighted by Gasteiger charge is 2.08. The third-order valence-electron chi connectivity index (χ3n) is 4.80. The summed E-state index contributed by atoms with van der Waals surface area (Å²) < 4.78 is 24.2. The number of aryl methyl sites for hydroxylation is 1. The van der Waals surface area contributed by atoms with Gasteiger partial charge >= 0.3 is 0 Å². The molecule has 0 atom stereocenters. The van der Waals surface area contributed by atoms with Gasteiger partial charge in [-0.2, -0.15) is 0 Å². The fourth-order valence-electron chi connectivity index (χ4n) is 3.00. The Morgan fingerprint density at radius 2 is 1.76 bits per heavy atom. The molecular formula is C25H24FN5O2. The summed E-state index contributed by atoms with van der Waals surface area (Å²) in [6.45, 7) is 3.04. The van der Waals surface area contributed by atoms with Crippen molar-refractivity contribution < 1.29 is 13.5 Å². The smallest absolute Gasteiger partial charge is 0.226 e. The van der Waals surface area contributed by atoms with E-state index in [9.17, 15) is 4.39 Å². The molecule has 0 radical (unpaired) electrons. The average Bonchev–Trinajstić information content (AvgIpc) is 3.31. The molecule has 0 amide bonds. The number of guanidine groups is 1. The van der Waals surface area contributed by atoms with Crippen molar-refractivity contribution in [1.82, 2.24) is 20.6 Å². The van der Waals surface area contributed by atoms with Crippen LogP contribution in [0.5, 0.6) is 11.6 Å². The maximum Gasteiger partial charge on any atom is 0.226 e. The molecule has 0 fully saturated rings. The molecule has 0 unspecified atom stereocenters. The van der Waals surface area contributed by atoms with E-state index in [-0.39, 0.29) is 5.82 Å². The molecule has 2 heterocycles. The first-order chi connectivity index (χ1) is 16.1. The van der Waals surface area contributed by atoms with Gasteiger partial charge in [0, 0.05) is 31.4 Å². The van der Waals surface area contributed by atoms with Crippen molar-refractivity contribution in [3.63, 3.8) is 0 Å². The van der Waals surface area contributed by atoms with Gasteiger partial charge in [-0.1, -0.05) is 23.8 Å². The Kier molecular flexibility index (Phi) is 6.94. The Hall–Kier alpha value is -4.20. The number of pyridine rings is 1. The Labute approximate surface area is 191 Å². The molecule has 7 nitrogen and oxygen atoms in total. The highest BCUT2D eigenvalue weighted by Crippen LogP contribution is 2.20. The summed E-state index contributed by atoms with van der Waals surface area (Å²) in [5.41, 5.74) is 3.85. The third-order valence-corrected chi connectivity index (χ3v) is 4.80. The number of nitrogens with one attached hydrogen (secondary N) is 2. The number of benzene rings is 2. The number of nitrogens with zero attached hydrogens (tertiary/aromatic N) is 3. The van der Waals surface area contributed by atoms with Crippen LogP contribution in [0.2, 0.25) is 0 Å². The molecule has 2 aromatic heterocycles. The van der Waals surface area contributed by atoms with E-state index in [1.54, 1.807) is 37.7 Å². The molecular weight excluding hydrogens is 421 g/mol. The number of rotatable bonds is 7. The SMILES string of the molecule is CN=C(NCc1ccc(Oc2ccc(F)cc2)nc1)NCc1coc(-c2ccc(C)cc2)n1. The van der Waals surface area contributed by atoms with Gasteiger partial charge in [-0.15, -0.1) is 0 Å². The molecule has 0 spiro atoms. The van der Waals surface area contributed by atoms with Crippen LogP contribution in [0.1, 0.15) is 16.8 Å². The second-order valence-electron chi connectivity index (χ2n) is 7.35. The van der Waals surface area contributed by atoms with E-state index in [1.807, 2.05) is 37.3 Å². The van der Waals surface area contributed by atoms with Crippen LogP contribution in [0.25, 0.3) is 11.5 Å².